The van der Waals surface area contributed by atoms with Gasteiger partial charge in [-0.2, -0.15) is 0 Å². The van der Waals surface area contributed by atoms with Crippen molar-refractivity contribution in [3.63, 3.8) is 0 Å². The molecule has 20 nitrogen and oxygen atoms in total. The monoisotopic (exact) mass is 1460 g/mol. The Hall–Kier alpha value is -2.60. The molecular formula is C81H164O20. The van der Waals surface area contributed by atoms with Gasteiger partial charge >= 0.3 is 23.9 Å². The van der Waals surface area contributed by atoms with E-state index in [9.17, 15) is 39.6 Å². The van der Waals surface area contributed by atoms with Crippen LogP contribution in [-0.2, 0) is 38.1 Å². The zero-order valence-corrected chi connectivity index (χ0v) is 64.5. The first-order valence-electron chi connectivity index (χ1n) is 40.6. The predicted molar refractivity (Wildman–Crippen MR) is 408 cm³/mol. The standard InChI is InChI=1S/C20H40O6.2C20H40O5.C20H40O4.CH4/c1-17(15-22)16-26-20(25)13-9-4-2-3-7-11-18(23)19(24)12-8-5-6-10-14-21;1-18(16-22)17-25-20(24)14-10-6-2-4-8-12-19(23)13-9-5-3-7-11-15-21;1-18(16-22)17-25-20(24)14-10-5-3-2-4-8-12-19(23)13-9-6-7-11-15-21;1-19(17-22)18-24-20(23)15-13-11-9-7-5-3-2-4-6-8-10-12-14-16-21;/h17-19,21-24H,2-16H2,1H3;2*18-19,21-23H,2-17H2,1H3;19,21-22H,2-18H2,1H3;1H4. The maximum Gasteiger partial charge on any atom is 0.305 e. The van der Waals surface area contributed by atoms with Crippen molar-refractivity contribution in [2.75, 3.05) is 79.3 Å². The van der Waals surface area contributed by atoms with E-state index in [-0.39, 0.29) is 120 Å². The Labute approximate surface area is 617 Å². The summed E-state index contributed by atoms with van der Waals surface area (Å²) in [4.78, 5) is 45.9. The third-order valence-electron chi connectivity index (χ3n) is 17.9. The van der Waals surface area contributed by atoms with Crippen LogP contribution >= 0.6 is 0 Å². The van der Waals surface area contributed by atoms with Crippen LogP contribution in [0.3, 0.4) is 0 Å². The van der Waals surface area contributed by atoms with Gasteiger partial charge in [0, 0.05) is 102 Å². The van der Waals surface area contributed by atoms with Gasteiger partial charge in [-0.25, -0.2) is 0 Å². The number of unbranched alkanes of at least 4 members (excludes halogenated alkanes) is 35. The van der Waals surface area contributed by atoms with Gasteiger partial charge in [-0.15, -0.1) is 0 Å². The average molecular weight is 1460 g/mol. The van der Waals surface area contributed by atoms with Crippen LogP contribution in [0.1, 0.15) is 369 Å². The summed E-state index contributed by atoms with van der Waals surface area (Å²) in [7, 11) is 0. The van der Waals surface area contributed by atoms with Crippen LogP contribution in [0.25, 0.3) is 0 Å². The van der Waals surface area contributed by atoms with Crippen LogP contribution in [0, 0.1) is 23.7 Å². The van der Waals surface area contributed by atoms with Gasteiger partial charge in [-0.1, -0.05) is 253 Å². The number of carbonyl (C=O) groups is 4. The van der Waals surface area contributed by atoms with Gasteiger partial charge in [0.05, 0.1) is 50.8 Å². The van der Waals surface area contributed by atoms with Gasteiger partial charge in [0.25, 0.3) is 0 Å². The van der Waals surface area contributed by atoms with Crippen LogP contribution < -0.4 is 0 Å². The highest BCUT2D eigenvalue weighted by atomic mass is 16.5. The van der Waals surface area contributed by atoms with Crippen LogP contribution in [0.15, 0.2) is 0 Å². The van der Waals surface area contributed by atoms with Gasteiger partial charge in [0.2, 0.25) is 0 Å². The second-order valence-electron chi connectivity index (χ2n) is 28.8. The van der Waals surface area contributed by atoms with Gasteiger partial charge in [-0.3, -0.25) is 19.2 Å². The second-order valence-corrected chi connectivity index (χ2v) is 28.8. The molecule has 0 saturated heterocycles. The molecule has 0 spiro atoms. The van der Waals surface area contributed by atoms with Crippen LogP contribution in [0.2, 0.25) is 0 Å². The lowest BCUT2D eigenvalue weighted by atomic mass is 10.00. The molecular weight excluding hydrogens is 1290 g/mol. The van der Waals surface area contributed by atoms with E-state index in [4.69, 9.17) is 59.8 Å². The van der Waals surface area contributed by atoms with Gasteiger partial charge in [-0.05, 0) is 89.9 Å². The number of rotatable bonds is 72. The molecule has 20 heteroatoms. The number of hydrogen-bond acceptors (Lipinski definition) is 20. The van der Waals surface area contributed by atoms with E-state index in [2.05, 4.69) is 0 Å². The van der Waals surface area contributed by atoms with E-state index in [1.807, 2.05) is 27.7 Å². The Morgan fingerprint density at radius 3 is 0.545 bits per heavy atom. The van der Waals surface area contributed by atoms with Crippen molar-refractivity contribution in [1.82, 2.24) is 0 Å². The SMILES string of the molecule is C.CC(CO)COC(=O)CCCCCCCC(O)C(O)CCCCCCO.CC(CO)COC(=O)CCCCCCCC(O)CCCCCCCO.CC(CO)COC(=O)CCCCCCCCC(O)CCCCCCO.CC(CO)COC(=O)CCCCCCCCCCCCCCCO. The van der Waals surface area contributed by atoms with E-state index in [1.165, 1.54) is 64.2 Å². The Morgan fingerprint density at radius 2 is 0.376 bits per heavy atom. The number of ether oxygens (including phenoxy) is 4. The molecule has 608 valence electrons. The molecule has 0 aliphatic heterocycles. The summed E-state index contributed by atoms with van der Waals surface area (Å²) < 4.78 is 20.3. The number of carbonyl (C=O) groups excluding carboxylic acids is 4. The summed E-state index contributed by atoms with van der Waals surface area (Å²) in [5, 5.41) is 110. The minimum atomic E-state index is -0.656. The molecule has 12 N–H and O–H groups in total. The summed E-state index contributed by atoms with van der Waals surface area (Å²) in [6.45, 7) is 9.89. The Morgan fingerprint density at radius 1 is 0.228 bits per heavy atom. The lowest BCUT2D eigenvalue weighted by molar-refractivity contribution is -0.146. The zero-order valence-electron chi connectivity index (χ0n) is 64.5. The molecule has 0 amide bonds. The molecule has 8 unspecified atom stereocenters. The molecule has 0 rings (SSSR count). The first kappa shape index (κ1) is 107. The van der Waals surface area contributed by atoms with Gasteiger partial charge in [0.1, 0.15) is 0 Å². The molecule has 0 fully saturated rings. The molecule has 0 aliphatic rings. The maximum absolute atomic E-state index is 11.5. The van der Waals surface area contributed by atoms with Crippen molar-refractivity contribution in [2.45, 2.75) is 393 Å². The molecule has 0 saturated carbocycles. The summed E-state index contributed by atoms with van der Waals surface area (Å²) in [6.07, 6.45) is 49.9. The Kier molecular flexibility index (Phi) is 93.3. The molecule has 0 heterocycles. The van der Waals surface area contributed by atoms with E-state index in [0.29, 0.717) is 65.0 Å². The summed E-state index contributed by atoms with van der Waals surface area (Å²) in [5.74, 6) is -0.624. The van der Waals surface area contributed by atoms with Gasteiger partial charge in [0.15, 0.2) is 0 Å². The number of hydrogen-bond donors (Lipinski definition) is 12. The smallest absolute Gasteiger partial charge is 0.305 e. The minimum absolute atomic E-state index is 0. The number of aliphatic hydroxyl groups excluding tert-OH is 12. The third kappa shape index (κ3) is 91.6. The fraction of sp³-hybridized carbons (Fsp3) is 0.951. The maximum atomic E-state index is 11.5. The van der Waals surface area contributed by atoms with Crippen molar-refractivity contribution in [3.8, 4) is 0 Å². The predicted octanol–water partition coefficient (Wildman–Crippen LogP) is 15.0. The normalized spacial score (nSPS) is 13.5. The van der Waals surface area contributed by atoms with Crippen LogP contribution in [0.5, 0.6) is 0 Å². The zero-order chi connectivity index (χ0) is 75.0. The largest absolute Gasteiger partial charge is 0.465 e. The van der Waals surface area contributed by atoms with Crippen LogP contribution in [-0.4, -0.2) is 189 Å². The highest BCUT2D eigenvalue weighted by Gasteiger charge is 2.16. The topological polar surface area (TPSA) is 348 Å². The van der Waals surface area contributed by atoms with Crippen molar-refractivity contribution in [1.29, 1.82) is 0 Å². The molecule has 0 radical (unpaired) electrons. The summed E-state index contributed by atoms with van der Waals surface area (Å²) in [5.41, 5.74) is 0. The fourth-order valence-electron chi connectivity index (χ4n) is 10.8. The van der Waals surface area contributed by atoms with E-state index < -0.39 is 12.2 Å². The van der Waals surface area contributed by atoms with Crippen molar-refractivity contribution >= 4 is 23.9 Å². The molecule has 8 atom stereocenters. The van der Waals surface area contributed by atoms with Crippen LogP contribution in [0.4, 0.5) is 0 Å². The first-order valence-corrected chi connectivity index (χ1v) is 40.6. The fourth-order valence-corrected chi connectivity index (χ4v) is 10.8. The number of esters is 4. The van der Waals surface area contributed by atoms with Crippen molar-refractivity contribution in [3.05, 3.63) is 0 Å². The Bertz CT molecular complexity index is 1650. The molecule has 0 aromatic heterocycles. The highest BCUT2D eigenvalue weighted by molar-refractivity contribution is 5.70. The quantitative estimate of drug-likeness (QED) is 0.0153. The summed E-state index contributed by atoms with van der Waals surface area (Å²) >= 11 is 0. The third-order valence-corrected chi connectivity index (χ3v) is 17.9. The molecule has 0 aromatic rings. The van der Waals surface area contributed by atoms with E-state index in [1.54, 1.807) is 0 Å². The first-order chi connectivity index (χ1) is 48.4. The molecule has 101 heavy (non-hydrogen) atoms. The molecule has 0 aromatic carbocycles. The minimum Gasteiger partial charge on any atom is -0.465 e. The molecule has 0 bridgehead atoms. The van der Waals surface area contributed by atoms with Crippen molar-refractivity contribution < 1.29 is 99.4 Å². The lowest BCUT2D eigenvalue weighted by Gasteiger charge is -2.17. The second kappa shape index (κ2) is 88.0. The highest BCUT2D eigenvalue weighted by Crippen LogP contribution is 2.19. The number of aliphatic hydroxyl groups is 12. The Balaban J connectivity index is -0.000000404. The van der Waals surface area contributed by atoms with E-state index >= 15 is 0 Å². The molecule has 0 aliphatic carbocycles. The van der Waals surface area contributed by atoms with Crippen molar-refractivity contribution in [2.24, 2.45) is 23.7 Å². The lowest BCUT2D eigenvalue weighted by Crippen LogP contribution is -2.25. The van der Waals surface area contributed by atoms with E-state index in [0.717, 1.165) is 231 Å². The van der Waals surface area contributed by atoms with Gasteiger partial charge < -0.3 is 80.2 Å². The average Bonchev–Trinajstić information content (AvgIpc) is 1.67. The summed E-state index contributed by atoms with van der Waals surface area (Å²) in [6, 6.07) is 0.